The van der Waals surface area contributed by atoms with E-state index in [9.17, 15) is 18.0 Å². The number of hydrogen-bond acceptors (Lipinski definition) is 3. The van der Waals surface area contributed by atoms with Crippen molar-refractivity contribution in [1.29, 1.82) is 0 Å². The standard InChI is InChI=1S/C7H5F3N2O2/c8-3-1-2(7(11)14)5(13)4(12-3)6(9)10/h1,6,13H,(H2,11,14). The highest BCUT2D eigenvalue weighted by atomic mass is 19.3. The molecule has 3 N–H and O–H groups in total. The topological polar surface area (TPSA) is 76.2 Å². The lowest BCUT2D eigenvalue weighted by atomic mass is 10.2. The Bertz CT molecular complexity index is 381. The Balaban J connectivity index is 3.40. The van der Waals surface area contributed by atoms with Gasteiger partial charge in [-0.15, -0.1) is 0 Å². The van der Waals surface area contributed by atoms with Gasteiger partial charge in [-0.25, -0.2) is 13.8 Å². The summed E-state index contributed by atoms with van der Waals surface area (Å²) in [5.74, 6) is -3.59. The molecule has 1 heterocycles. The zero-order valence-corrected chi connectivity index (χ0v) is 6.67. The van der Waals surface area contributed by atoms with E-state index in [1.54, 1.807) is 0 Å². The van der Waals surface area contributed by atoms with Crippen LogP contribution in [0.3, 0.4) is 0 Å². The van der Waals surface area contributed by atoms with Crippen molar-refractivity contribution in [2.75, 3.05) is 0 Å². The maximum absolute atomic E-state index is 12.6. The minimum atomic E-state index is -3.18. The molecule has 1 rings (SSSR count). The van der Waals surface area contributed by atoms with Gasteiger partial charge in [0.2, 0.25) is 5.95 Å². The van der Waals surface area contributed by atoms with Crippen LogP contribution >= 0.6 is 0 Å². The third kappa shape index (κ3) is 1.76. The SMILES string of the molecule is NC(=O)c1cc(F)nc(C(F)F)c1O. The first-order valence-electron chi connectivity index (χ1n) is 3.41. The molecule has 1 aromatic heterocycles. The normalized spacial score (nSPS) is 10.6. The number of amides is 1. The molecule has 0 saturated carbocycles. The molecule has 0 radical (unpaired) electrons. The van der Waals surface area contributed by atoms with Gasteiger partial charge in [0.15, 0.2) is 11.4 Å². The van der Waals surface area contributed by atoms with Gasteiger partial charge in [0, 0.05) is 6.07 Å². The smallest absolute Gasteiger partial charge is 0.284 e. The van der Waals surface area contributed by atoms with Crippen molar-refractivity contribution in [3.8, 4) is 5.75 Å². The van der Waals surface area contributed by atoms with Crippen LogP contribution in [0.4, 0.5) is 13.2 Å². The zero-order chi connectivity index (χ0) is 10.9. The molecule has 0 spiro atoms. The summed E-state index contributed by atoms with van der Waals surface area (Å²) in [6.45, 7) is 0. The summed E-state index contributed by atoms with van der Waals surface area (Å²) in [7, 11) is 0. The summed E-state index contributed by atoms with van der Waals surface area (Å²) in [6, 6.07) is 0.490. The van der Waals surface area contributed by atoms with Crippen molar-refractivity contribution >= 4 is 5.91 Å². The number of aromatic nitrogens is 1. The van der Waals surface area contributed by atoms with Gasteiger partial charge in [0.25, 0.3) is 12.3 Å². The number of primary amides is 1. The molecule has 1 aromatic rings. The first-order valence-corrected chi connectivity index (χ1v) is 3.41. The molecule has 0 saturated heterocycles. The van der Waals surface area contributed by atoms with Crippen LogP contribution in [0.2, 0.25) is 0 Å². The van der Waals surface area contributed by atoms with Crippen LogP contribution in [-0.4, -0.2) is 16.0 Å². The minimum absolute atomic E-state index is 0.490. The van der Waals surface area contributed by atoms with Crippen molar-refractivity contribution < 1.29 is 23.1 Å². The molecular weight excluding hydrogens is 201 g/mol. The summed E-state index contributed by atoms with van der Waals surface area (Å²) in [5, 5.41) is 9.04. The van der Waals surface area contributed by atoms with Gasteiger partial charge < -0.3 is 10.8 Å². The Labute approximate surface area is 76.2 Å². The molecule has 76 valence electrons. The van der Waals surface area contributed by atoms with E-state index in [4.69, 9.17) is 10.8 Å². The number of hydrogen-bond donors (Lipinski definition) is 2. The average Bonchev–Trinajstić information content (AvgIpc) is 2.07. The molecule has 7 heteroatoms. The lowest BCUT2D eigenvalue weighted by Crippen LogP contribution is -2.13. The fourth-order valence-corrected chi connectivity index (χ4v) is 0.866. The predicted molar refractivity (Wildman–Crippen MR) is 39.3 cm³/mol. The Hall–Kier alpha value is -1.79. The molecule has 0 aliphatic carbocycles. The van der Waals surface area contributed by atoms with Crippen LogP contribution in [0.25, 0.3) is 0 Å². The van der Waals surface area contributed by atoms with Crippen molar-refractivity contribution in [2.45, 2.75) is 6.43 Å². The third-order valence-corrected chi connectivity index (χ3v) is 1.46. The Morgan fingerprint density at radius 1 is 1.57 bits per heavy atom. The van der Waals surface area contributed by atoms with Crippen LogP contribution in [0.1, 0.15) is 22.5 Å². The highest BCUT2D eigenvalue weighted by molar-refractivity contribution is 5.95. The number of carbonyl (C=O) groups is 1. The molecule has 0 unspecified atom stereocenters. The van der Waals surface area contributed by atoms with E-state index < -0.39 is 35.3 Å². The Morgan fingerprint density at radius 3 is 2.57 bits per heavy atom. The van der Waals surface area contributed by atoms with Crippen molar-refractivity contribution in [1.82, 2.24) is 4.98 Å². The second kappa shape index (κ2) is 3.52. The molecule has 0 fully saturated rings. The number of carbonyl (C=O) groups excluding carboxylic acids is 1. The van der Waals surface area contributed by atoms with Gasteiger partial charge in [-0.05, 0) is 0 Å². The number of nitrogens with two attached hydrogens (primary N) is 1. The second-order valence-electron chi connectivity index (χ2n) is 2.39. The fourth-order valence-electron chi connectivity index (χ4n) is 0.866. The van der Waals surface area contributed by atoms with Gasteiger partial charge in [-0.2, -0.15) is 4.39 Å². The predicted octanol–water partition coefficient (Wildman–Crippen LogP) is 0.963. The number of pyridine rings is 1. The van der Waals surface area contributed by atoms with E-state index in [1.165, 1.54) is 0 Å². The van der Waals surface area contributed by atoms with E-state index in [2.05, 4.69) is 4.98 Å². The van der Waals surface area contributed by atoms with Gasteiger partial charge in [0.1, 0.15) is 0 Å². The average molecular weight is 206 g/mol. The van der Waals surface area contributed by atoms with Crippen molar-refractivity contribution in [2.24, 2.45) is 5.73 Å². The van der Waals surface area contributed by atoms with Gasteiger partial charge >= 0.3 is 0 Å². The quantitative estimate of drug-likeness (QED) is 0.707. The summed E-state index contributed by atoms with van der Waals surface area (Å²) < 4.78 is 36.8. The van der Waals surface area contributed by atoms with Crippen LogP contribution < -0.4 is 5.73 Å². The maximum Gasteiger partial charge on any atom is 0.284 e. The molecule has 0 aromatic carbocycles. The number of halogens is 3. The number of alkyl halides is 2. The first kappa shape index (κ1) is 10.3. The highest BCUT2D eigenvalue weighted by Gasteiger charge is 2.21. The Kier molecular flexibility index (Phi) is 2.59. The number of rotatable bonds is 2. The fraction of sp³-hybridized carbons (Fsp3) is 0.143. The third-order valence-electron chi connectivity index (χ3n) is 1.46. The number of aromatic hydroxyl groups is 1. The van der Waals surface area contributed by atoms with E-state index >= 15 is 0 Å². The maximum atomic E-state index is 12.6. The number of nitrogens with zero attached hydrogens (tertiary/aromatic N) is 1. The van der Waals surface area contributed by atoms with Crippen LogP contribution in [-0.2, 0) is 0 Å². The van der Waals surface area contributed by atoms with Gasteiger partial charge in [-0.1, -0.05) is 0 Å². The first-order chi connectivity index (χ1) is 6.43. The lowest BCUT2D eigenvalue weighted by Gasteiger charge is -2.05. The van der Waals surface area contributed by atoms with Gasteiger partial charge in [-0.3, -0.25) is 4.79 Å². The molecule has 0 aliphatic heterocycles. The molecule has 4 nitrogen and oxygen atoms in total. The Morgan fingerprint density at radius 2 is 2.14 bits per heavy atom. The molecule has 14 heavy (non-hydrogen) atoms. The molecular formula is C7H5F3N2O2. The minimum Gasteiger partial charge on any atom is -0.505 e. The summed E-state index contributed by atoms with van der Waals surface area (Å²) in [4.78, 5) is 13.3. The summed E-state index contributed by atoms with van der Waals surface area (Å²) in [5.41, 5.74) is 2.80. The highest BCUT2D eigenvalue weighted by Crippen LogP contribution is 2.29. The van der Waals surface area contributed by atoms with Crippen LogP contribution in [0, 0.1) is 5.95 Å². The molecule has 0 atom stereocenters. The van der Waals surface area contributed by atoms with E-state index in [-0.39, 0.29) is 0 Å². The lowest BCUT2D eigenvalue weighted by molar-refractivity contribution is 0.0994. The van der Waals surface area contributed by atoms with Gasteiger partial charge in [0.05, 0.1) is 5.56 Å². The zero-order valence-electron chi connectivity index (χ0n) is 6.67. The van der Waals surface area contributed by atoms with Crippen molar-refractivity contribution in [3.05, 3.63) is 23.3 Å². The van der Waals surface area contributed by atoms with Crippen molar-refractivity contribution in [3.63, 3.8) is 0 Å². The molecule has 0 aliphatic rings. The van der Waals surface area contributed by atoms with E-state index in [0.29, 0.717) is 6.07 Å². The molecule has 1 amide bonds. The monoisotopic (exact) mass is 206 g/mol. The largest absolute Gasteiger partial charge is 0.505 e. The second-order valence-corrected chi connectivity index (χ2v) is 2.39. The van der Waals surface area contributed by atoms with E-state index in [1.807, 2.05) is 0 Å². The summed E-state index contributed by atoms with van der Waals surface area (Å²) >= 11 is 0. The molecule has 0 bridgehead atoms. The van der Waals surface area contributed by atoms with Crippen LogP contribution in [0.5, 0.6) is 5.75 Å². The summed E-state index contributed by atoms with van der Waals surface area (Å²) in [6.07, 6.45) is -3.18. The van der Waals surface area contributed by atoms with E-state index in [0.717, 1.165) is 0 Å². The van der Waals surface area contributed by atoms with Crippen LogP contribution in [0.15, 0.2) is 6.07 Å².